The van der Waals surface area contributed by atoms with Gasteiger partial charge in [-0.05, 0) is 49.6 Å². The Bertz CT molecular complexity index is 1130. The zero-order valence-electron chi connectivity index (χ0n) is 15.1. The van der Waals surface area contributed by atoms with Gasteiger partial charge in [-0.2, -0.15) is 0 Å². The van der Waals surface area contributed by atoms with Crippen molar-refractivity contribution in [3.63, 3.8) is 0 Å². The summed E-state index contributed by atoms with van der Waals surface area (Å²) in [5.41, 5.74) is 0.655. The number of esters is 1. The summed E-state index contributed by atoms with van der Waals surface area (Å²) in [7, 11) is 0. The maximum absolute atomic E-state index is 13.1. The average molecular weight is 400 g/mol. The van der Waals surface area contributed by atoms with Crippen LogP contribution in [0.3, 0.4) is 0 Å². The molecule has 1 aliphatic carbocycles. The molecule has 0 saturated carbocycles. The summed E-state index contributed by atoms with van der Waals surface area (Å²) in [5.74, 6) is -1.56. The highest BCUT2D eigenvalue weighted by Crippen LogP contribution is 2.42. The van der Waals surface area contributed by atoms with Gasteiger partial charge in [0.2, 0.25) is 0 Å². The molecule has 0 fully saturated rings. The minimum atomic E-state index is -0.471. The fourth-order valence-electron chi connectivity index (χ4n) is 3.54. The molecule has 3 aromatic rings. The van der Waals surface area contributed by atoms with Crippen LogP contribution in [-0.2, 0) is 22.5 Å². The van der Waals surface area contributed by atoms with Gasteiger partial charge in [-0.1, -0.05) is 0 Å². The van der Waals surface area contributed by atoms with Gasteiger partial charge in [0.15, 0.2) is 5.78 Å². The number of Topliss-reactive ketones (excluding diaryl/α,β-unsaturated/α-hetero) is 1. The Balaban J connectivity index is 1.72. The van der Waals surface area contributed by atoms with Gasteiger partial charge in [-0.3, -0.25) is 19.0 Å². The van der Waals surface area contributed by atoms with E-state index in [0.717, 1.165) is 4.88 Å². The Morgan fingerprint density at radius 1 is 1.32 bits per heavy atom. The third-order valence-electron chi connectivity index (χ3n) is 4.85. The molecule has 28 heavy (non-hydrogen) atoms. The third-order valence-corrected chi connectivity index (χ3v) is 6.03. The van der Waals surface area contributed by atoms with Crippen molar-refractivity contribution in [2.45, 2.75) is 32.2 Å². The van der Waals surface area contributed by atoms with Gasteiger partial charge in [0, 0.05) is 10.4 Å². The number of rotatable bonds is 5. The van der Waals surface area contributed by atoms with E-state index < -0.39 is 11.7 Å². The molecule has 0 radical (unpaired) electrons. The van der Waals surface area contributed by atoms with Gasteiger partial charge < -0.3 is 4.74 Å². The first-order chi connectivity index (χ1) is 13.5. The van der Waals surface area contributed by atoms with Crippen LogP contribution in [0.25, 0.3) is 10.2 Å². The molecule has 6 nitrogen and oxygen atoms in total. The fourth-order valence-corrected chi connectivity index (χ4v) is 4.75. The first kappa shape index (κ1) is 18.5. The predicted molar refractivity (Wildman–Crippen MR) is 102 cm³/mol. The maximum atomic E-state index is 13.1. The number of hydrogen-bond donors (Lipinski definition) is 0. The largest absolute Gasteiger partial charge is 0.466 e. The highest BCUT2D eigenvalue weighted by molar-refractivity contribution is 7.18. The molecule has 2 aromatic heterocycles. The average Bonchev–Trinajstić information content (AvgIpc) is 3.24. The van der Waals surface area contributed by atoms with Crippen LogP contribution in [0, 0.1) is 5.82 Å². The highest BCUT2D eigenvalue weighted by atomic mass is 32.1. The van der Waals surface area contributed by atoms with E-state index in [1.807, 2.05) is 0 Å². The summed E-state index contributed by atoms with van der Waals surface area (Å²) in [6, 6.07) is 5.17. The van der Waals surface area contributed by atoms with E-state index in [1.54, 1.807) is 6.92 Å². The lowest BCUT2D eigenvalue weighted by molar-refractivity contribution is -0.144. The molecular weight excluding hydrogens is 383 g/mol. The number of carbonyl (C=O) groups excluding carboxylic acids is 2. The van der Waals surface area contributed by atoms with Crippen molar-refractivity contribution in [1.82, 2.24) is 9.55 Å². The second kappa shape index (κ2) is 7.27. The molecule has 0 amide bonds. The smallest absolute Gasteiger partial charge is 0.313 e. The number of benzene rings is 1. The first-order valence-corrected chi connectivity index (χ1v) is 9.77. The van der Waals surface area contributed by atoms with Gasteiger partial charge in [-0.25, -0.2) is 9.37 Å². The van der Waals surface area contributed by atoms with Gasteiger partial charge in [0.05, 0.1) is 30.8 Å². The van der Waals surface area contributed by atoms with Crippen molar-refractivity contribution in [3.8, 4) is 0 Å². The number of ketones is 1. The van der Waals surface area contributed by atoms with Crippen molar-refractivity contribution in [3.05, 3.63) is 62.8 Å². The van der Waals surface area contributed by atoms with Crippen molar-refractivity contribution in [2.75, 3.05) is 6.61 Å². The standard InChI is InChI=1S/C20H17FN2O4S/c1-2-27-20(26)13-7-8-15-16(13)17-18(28-15)22-10-23(19(17)25)9-14(24)11-3-5-12(21)6-4-11/h3-6,10,13H,2,7-9H2,1H3/t13-/m0/s1. The Kier molecular flexibility index (Phi) is 4.80. The van der Waals surface area contributed by atoms with E-state index >= 15 is 0 Å². The quantitative estimate of drug-likeness (QED) is 0.486. The second-order valence-corrected chi connectivity index (χ2v) is 7.65. The molecule has 8 heteroatoms. The van der Waals surface area contributed by atoms with Gasteiger partial charge >= 0.3 is 5.97 Å². The zero-order valence-corrected chi connectivity index (χ0v) is 15.9. The van der Waals surface area contributed by atoms with Crippen LogP contribution in [0.1, 0.15) is 40.1 Å². The van der Waals surface area contributed by atoms with E-state index in [1.165, 1.54) is 46.5 Å². The molecular formula is C20H17FN2O4S. The monoisotopic (exact) mass is 400 g/mol. The van der Waals surface area contributed by atoms with Crippen molar-refractivity contribution < 1.29 is 18.7 Å². The van der Waals surface area contributed by atoms with Crippen molar-refractivity contribution >= 4 is 33.3 Å². The number of aromatic nitrogens is 2. The molecule has 2 heterocycles. The summed E-state index contributed by atoms with van der Waals surface area (Å²) >= 11 is 1.41. The number of halogens is 1. The molecule has 0 unspecified atom stereocenters. The topological polar surface area (TPSA) is 78.3 Å². The van der Waals surface area contributed by atoms with Gasteiger partial charge in [0.1, 0.15) is 10.6 Å². The molecule has 1 aliphatic rings. The molecule has 144 valence electrons. The summed E-state index contributed by atoms with van der Waals surface area (Å²) in [5, 5.41) is 0.393. The molecule has 1 aromatic carbocycles. The van der Waals surface area contributed by atoms with E-state index in [0.29, 0.717) is 34.2 Å². The molecule has 0 spiro atoms. The minimum absolute atomic E-state index is 0.206. The summed E-state index contributed by atoms with van der Waals surface area (Å²) in [6.45, 7) is 1.82. The predicted octanol–water partition coefficient (Wildman–Crippen LogP) is 3.07. The Morgan fingerprint density at radius 3 is 2.79 bits per heavy atom. The fraction of sp³-hybridized carbons (Fsp3) is 0.300. The zero-order chi connectivity index (χ0) is 19.8. The lowest BCUT2D eigenvalue weighted by Gasteiger charge is -2.10. The minimum Gasteiger partial charge on any atom is -0.466 e. The lowest BCUT2D eigenvalue weighted by Crippen LogP contribution is -2.25. The Labute approximate surface area is 163 Å². The van der Waals surface area contributed by atoms with Crippen LogP contribution in [0.15, 0.2) is 35.4 Å². The van der Waals surface area contributed by atoms with E-state index in [2.05, 4.69) is 4.98 Å². The van der Waals surface area contributed by atoms with Crippen molar-refractivity contribution in [1.29, 1.82) is 0 Å². The van der Waals surface area contributed by atoms with E-state index in [4.69, 9.17) is 4.74 Å². The molecule has 0 bridgehead atoms. The molecule has 0 saturated heterocycles. The highest BCUT2D eigenvalue weighted by Gasteiger charge is 2.35. The number of hydrogen-bond acceptors (Lipinski definition) is 6. The Hall–Kier alpha value is -2.87. The van der Waals surface area contributed by atoms with Crippen LogP contribution in [0.5, 0.6) is 0 Å². The van der Waals surface area contributed by atoms with Crippen molar-refractivity contribution in [2.24, 2.45) is 0 Å². The van der Waals surface area contributed by atoms with Crippen LogP contribution < -0.4 is 5.56 Å². The molecule has 1 atom stereocenters. The van der Waals surface area contributed by atoms with Crippen LogP contribution in [0.4, 0.5) is 4.39 Å². The number of nitrogens with zero attached hydrogens (tertiary/aromatic N) is 2. The summed E-state index contributed by atoms with van der Waals surface area (Å²) in [6.07, 6.45) is 2.66. The van der Waals surface area contributed by atoms with E-state index in [-0.39, 0.29) is 30.5 Å². The number of ether oxygens (including phenoxy) is 1. The first-order valence-electron chi connectivity index (χ1n) is 8.95. The third kappa shape index (κ3) is 3.13. The number of fused-ring (bicyclic) bond motifs is 3. The summed E-state index contributed by atoms with van der Waals surface area (Å²) < 4.78 is 19.4. The van der Waals surface area contributed by atoms with Gasteiger partial charge in [0.25, 0.3) is 5.56 Å². The van der Waals surface area contributed by atoms with Crippen LogP contribution >= 0.6 is 11.3 Å². The lowest BCUT2D eigenvalue weighted by atomic mass is 10.0. The molecule has 0 N–H and O–H groups in total. The van der Waals surface area contributed by atoms with E-state index in [9.17, 15) is 18.8 Å². The normalized spacial score (nSPS) is 15.6. The second-order valence-electron chi connectivity index (χ2n) is 6.57. The summed E-state index contributed by atoms with van der Waals surface area (Å²) in [4.78, 5) is 43.7. The SMILES string of the molecule is CCOC(=O)[C@H]1CCc2sc3ncn(CC(=O)c4ccc(F)cc4)c(=O)c3c21. The maximum Gasteiger partial charge on any atom is 0.313 e. The van der Waals surface area contributed by atoms with Crippen LogP contribution in [-0.4, -0.2) is 27.9 Å². The van der Waals surface area contributed by atoms with Crippen LogP contribution in [0.2, 0.25) is 0 Å². The molecule has 4 rings (SSSR count). The van der Waals surface area contributed by atoms with Gasteiger partial charge in [-0.15, -0.1) is 11.3 Å². The molecule has 0 aliphatic heterocycles. The number of thiophene rings is 1. The number of carbonyl (C=O) groups is 2. The Morgan fingerprint density at radius 2 is 2.07 bits per heavy atom. The number of aryl methyl sites for hydroxylation is 1.